The molecule has 2 nitrogen and oxygen atoms in total. The molecule has 108 valence electrons. The van der Waals surface area contributed by atoms with Crippen molar-refractivity contribution < 1.29 is 0 Å². The molecule has 19 heavy (non-hydrogen) atoms. The van der Waals surface area contributed by atoms with Crippen molar-refractivity contribution in [1.29, 1.82) is 0 Å². The van der Waals surface area contributed by atoms with E-state index in [4.69, 9.17) is 11.6 Å². The summed E-state index contributed by atoms with van der Waals surface area (Å²) in [6, 6.07) is 1.48. The van der Waals surface area contributed by atoms with Crippen LogP contribution in [-0.4, -0.2) is 36.6 Å². The van der Waals surface area contributed by atoms with Gasteiger partial charge in [-0.25, -0.2) is 0 Å². The Hall–Kier alpha value is -0.0500. The lowest BCUT2D eigenvalue weighted by Crippen LogP contribution is -2.59. The summed E-state index contributed by atoms with van der Waals surface area (Å²) >= 11 is 5.74. The molecule has 1 N–H and O–H groups in total. The fraction of sp³-hybridized carbons (Fsp3) is 0.875. The van der Waals surface area contributed by atoms with E-state index in [9.17, 15) is 0 Å². The minimum absolute atomic E-state index is 0.739. The number of hydrogen-bond donors (Lipinski definition) is 1. The summed E-state index contributed by atoms with van der Waals surface area (Å²) < 4.78 is 0. The smallest absolute Gasteiger partial charge is 0.0252 e. The Morgan fingerprint density at radius 2 is 1.84 bits per heavy atom. The molecule has 2 saturated carbocycles. The highest BCUT2D eigenvalue weighted by atomic mass is 35.5. The predicted molar refractivity (Wildman–Crippen MR) is 81.4 cm³/mol. The molecule has 3 aliphatic rings. The SMILES string of the molecule is Cl/C=C/CN1CC(C2CC2)NCC1C1CCCCC1. The van der Waals surface area contributed by atoms with Gasteiger partial charge in [-0.2, -0.15) is 0 Å². The highest BCUT2D eigenvalue weighted by Gasteiger charge is 2.39. The van der Waals surface area contributed by atoms with Crippen LogP contribution in [0, 0.1) is 11.8 Å². The fourth-order valence-electron chi connectivity index (χ4n) is 4.04. The summed E-state index contributed by atoms with van der Waals surface area (Å²) in [4.78, 5) is 2.70. The first-order valence-electron chi connectivity index (χ1n) is 8.11. The number of halogens is 1. The van der Waals surface area contributed by atoms with Crippen LogP contribution in [0.5, 0.6) is 0 Å². The molecule has 2 aliphatic carbocycles. The van der Waals surface area contributed by atoms with Crippen molar-refractivity contribution in [3.05, 3.63) is 11.6 Å². The molecular weight excluding hydrogens is 256 g/mol. The first-order chi connectivity index (χ1) is 9.38. The summed E-state index contributed by atoms with van der Waals surface area (Å²) in [6.07, 6.45) is 12.2. The number of rotatable bonds is 4. The lowest BCUT2D eigenvalue weighted by Gasteiger charge is -2.45. The minimum atomic E-state index is 0.739. The van der Waals surface area contributed by atoms with Crippen LogP contribution in [-0.2, 0) is 0 Å². The summed E-state index contributed by atoms with van der Waals surface area (Å²) in [7, 11) is 0. The Balaban J connectivity index is 1.62. The second kappa shape index (κ2) is 6.60. The molecular formula is C16H27ClN2. The van der Waals surface area contributed by atoms with E-state index in [-0.39, 0.29) is 0 Å². The molecule has 1 saturated heterocycles. The summed E-state index contributed by atoms with van der Waals surface area (Å²) in [5.41, 5.74) is 1.69. The number of nitrogens with zero attached hydrogens (tertiary/aromatic N) is 1. The van der Waals surface area contributed by atoms with Crippen LogP contribution in [0.25, 0.3) is 0 Å². The van der Waals surface area contributed by atoms with Gasteiger partial charge in [-0.15, -0.1) is 0 Å². The average Bonchev–Trinajstić information content (AvgIpc) is 3.30. The zero-order chi connectivity index (χ0) is 13.1. The van der Waals surface area contributed by atoms with Crippen LogP contribution < -0.4 is 5.32 Å². The third-order valence-corrected chi connectivity index (χ3v) is 5.48. The van der Waals surface area contributed by atoms with Crippen molar-refractivity contribution >= 4 is 11.6 Å². The van der Waals surface area contributed by atoms with Crippen LogP contribution in [0.4, 0.5) is 0 Å². The summed E-state index contributed by atoms with van der Waals surface area (Å²) in [5, 5.41) is 3.84. The molecule has 1 heterocycles. The molecule has 0 amide bonds. The van der Waals surface area contributed by atoms with Crippen molar-refractivity contribution in [1.82, 2.24) is 10.2 Å². The highest BCUT2D eigenvalue weighted by Crippen LogP contribution is 2.36. The molecule has 3 rings (SSSR count). The zero-order valence-electron chi connectivity index (χ0n) is 11.9. The van der Waals surface area contributed by atoms with E-state index < -0.39 is 0 Å². The molecule has 1 aliphatic heterocycles. The first-order valence-corrected chi connectivity index (χ1v) is 8.55. The lowest BCUT2D eigenvalue weighted by atomic mass is 9.82. The Labute approximate surface area is 122 Å². The topological polar surface area (TPSA) is 15.3 Å². The van der Waals surface area contributed by atoms with Gasteiger partial charge in [0.15, 0.2) is 0 Å². The second-order valence-corrected chi connectivity index (χ2v) is 6.89. The number of piperazine rings is 1. The predicted octanol–water partition coefficient (Wildman–Crippen LogP) is 3.37. The molecule has 2 atom stereocenters. The van der Waals surface area contributed by atoms with E-state index in [1.165, 1.54) is 58.0 Å². The Bertz CT molecular complexity index is 308. The van der Waals surface area contributed by atoms with Crippen LogP contribution in [0.15, 0.2) is 11.6 Å². The lowest BCUT2D eigenvalue weighted by molar-refractivity contribution is 0.0774. The van der Waals surface area contributed by atoms with Crippen molar-refractivity contribution in [3.63, 3.8) is 0 Å². The molecule has 0 radical (unpaired) electrons. The fourth-order valence-corrected chi connectivity index (χ4v) is 4.12. The van der Waals surface area contributed by atoms with Crippen LogP contribution in [0.2, 0.25) is 0 Å². The van der Waals surface area contributed by atoms with Gasteiger partial charge in [-0.3, -0.25) is 4.90 Å². The quantitative estimate of drug-likeness (QED) is 0.850. The normalized spacial score (nSPS) is 35.0. The minimum Gasteiger partial charge on any atom is -0.311 e. The standard InChI is InChI=1S/C16H27ClN2/c17-9-4-10-19-12-15(13-7-8-13)18-11-16(19)14-5-2-1-3-6-14/h4,9,13-16,18H,1-3,5-8,10-12H2/b9-4+. The van der Waals surface area contributed by atoms with E-state index in [1.54, 1.807) is 5.54 Å². The van der Waals surface area contributed by atoms with Gasteiger partial charge in [0.05, 0.1) is 0 Å². The van der Waals surface area contributed by atoms with E-state index in [0.29, 0.717) is 0 Å². The van der Waals surface area contributed by atoms with E-state index >= 15 is 0 Å². The molecule has 3 heteroatoms. The third-order valence-electron chi connectivity index (χ3n) is 5.30. The summed E-state index contributed by atoms with van der Waals surface area (Å²) in [5.74, 6) is 1.86. The van der Waals surface area contributed by atoms with Crippen molar-refractivity contribution in [3.8, 4) is 0 Å². The molecule has 3 fully saturated rings. The van der Waals surface area contributed by atoms with Crippen LogP contribution >= 0.6 is 11.6 Å². The largest absolute Gasteiger partial charge is 0.311 e. The first kappa shape index (κ1) is 13.9. The third kappa shape index (κ3) is 3.53. The van der Waals surface area contributed by atoms with Gasteiger partial charge < -0.3 is 5.32 Å². The highest BCUT2D eigenvalue weighted by molar-refractivity contribution is 6.25. The Morgan fingerprint density at radius 1 is 1.05 bits per heavy atom. The summed E-state index contributed by atoms with van der Waals surface area (Å²) in [6.45, 7) is 3.46. The van der Waals surface area contributed by atoms with E-state index in [0.717, 1.165) is 30.5 Å². The Kier molecular flexibility index (Phi) is 4.83. The van der Waals surface area contributed by atoms with Crippen molar-refractivity contribution in [2.24, 2.45) is 11.8 Å². The maximum Gasteiger partial charge on any atom is 0.0252 e. The monoisotopic (exact) mass is 282 g/mol. The molecule has 0 bridgehead atoms. The van der Waals surface area contributed by atoms with Crippen molar-refractivity contribution in [2.75, 3.05) is 19.6 Å². The maximum atomic E-state index is 5.74. The maximum absolute atomic E-state index is 5.74. The van der Waals surface area contributed by atoms with Gasteiger partial charge in [0.2, 0.25) is 0 Å². The van der Waals surface area contributed by atoms with E-state index in [1.807, 2.05) is 0 Å². The average molecular weight is 283 g/mol. The van der Waals surface area contributed by atoms with Crippen LogP contribution in [0.1, 0.15) is 44.9 Å². The van der Waals surface area contributed by atoms with Gasteiger partial charge in [0, 0.05) is 37.3 Å². The van der Waals surface area contributed by atoms with Gasteiger partial charge >= 0.3 is 0 Å². The van der Waals surface area contributed by atoms with Gasteiger partial charge in [0.1, 0.15) is 0 Å². The molecule has 0 spiro atoms. The molecule has 0 aromatic carbocycles. The van der Waals surface area contributed by atoms with Gasteiger partial charge in [-0.1, -0.05) is 36.9 Å². The van der Waals surface area contributed by atoms with E-state index in [2.05, 4.69) is 16.3 Å². The molecule has 0 aromatic heterocycles. The van der Waals surface area contributed by atoms with Gasteiger partial charge in [-0.05, 0) is 37.5 Å². The second-order valence-electron chi connectivity index (χ2n) is 6.63. The number of nitrogens with one attached hydrogen (secondary N) is 1. The molecule has 0 aromatic rings. The Morgan fingerprint density at radius 3 is 2.53 bits per heavy atom. The van der Waals surface area contributed by atoms with Gasteiger partial charge in [0.25, 0.3) is 0 Å². The number of hydrogen-bond acceptors (Lipinski definition) is 2. The molecule has 2 unspecified atom stereocenters. The van der Waals surface area contributed by atoms with Crippen molar-refractivity contribution in [2.45, 2.75) is 57.0 Å². The van der Waals surface area contributed by atoms with Crippen LogP contribution in [0.3, 0.4) is 0 Å². The zero-order valence-corrected chi connectivity index (χ0v) is 12.6.